The first kappa shape index (κ1) is 38.0. The molecule has 0 fully saturated rings. The molecule has 0 amide bonds. The third-order valence-electron chi connectivity index (χ3n) is 8.90. The normalized spacial score (nSPS) is 11.1. The number of carbonyl (C=O) groups excluding carboxylic acids is 3. The SMILES string of the molecule is O=C(CCc1cc(C(Cc2ccc(O)c(O)c2)(C(=O)OCCc2ccccc2)C(=O)OCCc2ccccc2)cc(O)c1O)OCCc1ccccc1. The molecule has 5 aromatic rings. The predicted molar refractivity (Wildman–Crippen MR) is 197 cm³/mol. The number of esters is 3. The fourth-order valence-electron chi connectivity index (χ4n) is 5.96. The Balaban J connectivity index is 1.47. The minimum absolute atomic E-state index is 0.0674. The number of ether oxygens (including phenoxy) is 3. The van der Waals surface area contributed by atoms with Crippen molar-refractivity contribution in [2.75, 3.05) is 19.8 Å². The van der Waals surface area contributed by atoms with Crippen molar-refractivity contribution in [1.82, 2.24) is 0 Å². The molecule has 0 aliphatic carbocycles. The van der Waals surface area contributed by atoms with Gasteiger partial charge in [-0.05, 0) is 58.0 Å². The van der Waals surface area contributed by atoms with Gasteiger partial charge in [0.25, 0.3) is 0 Å². The van der Waals surface area contributed by atoms with E-state index in [0.717, 1.165) is 22.8 Å². The maximum absolute atomic E-state index is 14.4. The van der Waals surface area contributed by atoms with Gasteiger partial charge in [-0.1, -0.05) is 103 Å². The van der Waals surface area contributed by atoms with Crippen molar-refractivity contribution in [1.29, 1.82) is 0 Å². The zero-order chi connectivity index (χ0) is 37.6. The zero-order valence-electron chi connectivity index (χ0n) is 29.1. The lowest BCUT2D eigenvalue weighted by Gasteiger charge is -2.31. The Morgan fingerprint density at radius 1 is 0.491 bits per heavy atom. The molecule has 53 heavy (non-hydrogen) atoms. The van der Waals surface area contributed by atoms with E-state index in [0.29, 0.717) is 19.3 Å². The van der Waals surface area contributed by atoms with E-state index in [1.54, 1.807) is 0 Å². The number of phenols is 4. The lowest BCUT2D eigenvalue weighted by atomic mass is 9.74. The summed E-state index contributed by atoms with van der Waals surface area (Å²) < 4.78 is 17.0. The van der Waals surface area contributed by atoms with Gasteiger partial charge in [0.05, 0.1) is 19.8 Å². The highest BCUT2D eigenvalue weighted by Crippen LogP contribution is 2.40. The standard InChI is InChI=1S/C43H42O10/c44-36-18-16-33(26-37(36)45)29-43(41(49)52-24-21-31-12-6-2-7-13-31,42(50)53-25-22-32-14-8-3-9-15-32)35-27-34(40(48)38(46)28-35)17-19-39(47)51-23-20-30-10-4-1-5-11-30/h1-16,18,26-28,44-46,48H,17,19-25,29H2. The van der Waals surface area contributed by atoms with Gasteiger partial charge in [-0.2, -0.15) is 0 Å². The van der Waals surface area contributed by atoms with Crippen LogP contribution in [-0.4, -0.2) is 58.2 Å². The molecule has 0 bridgehead atoms. The van der Waals surface area contributed by atoms with E-state index in [4.69, 9.17) is 14.2 Å². The Morgan fingerprint density at radius 3 is 1.47 bits per heavy atom. The fraction of sp³-hybridized carbons (Fsp3) is 0.233. The Labute approximate surface area is 307 Å². The number of hydrogen-bond acceptors (Lipinski definition) is 10. The van der Waals surface area contributed by atoms with Crippen molar-refractivity contribution in [2.24, 2.45) is 0 Å². The highest BCUT2D eigenvalue weighted by molar-refractivity contribution is 6.07. The van der Waals surface area contributed by atoms with Gasteiger partial charge in [0, 0.05) is 32.1 Å². The van der Waals surface area contributed by atoms with Crippen LogP contribution in [0.25, 0.3) is 0 Å². The van der Waals surface area contributed by atoms with Crippen molar-refractivity contribution >= 4 is 17.9 Å². The summed E-state index contributed by atoms with van der Waals surface area (Å²) in [6.07, 6.45) is 0.504. The van der Waals surface area contributed by atoms with Crippen LogP contribution in [0, 0.1) is 0 Å². The van der Waals surface area contributed by atoms with Gasteiger partial charge in [0.2, 0.25) is 0 Å². The molecule has 0 unspecified atom stereocenters. The molecule has 4 N–H and O–H groups in total. The summed E-state index contributed by atoms with van der Waals surface area (Å²) in [5, 5.41) is 42.3. The average molecular weight is 719 g/mol. The molecule has 0 saturated carbocycles. The summed E-state index contributed by atoms with van der Waals surface area (Å²) in [4.78, 5) is 41.6. The van der Waals surface area contributed by atoms with E-state index in [1.165, 1.54) is 24.3 Å². The highest BCUT2D eigenvalue weighted by Gasteiger charge is 2.51. The monoisotopic (exact) mass is 718 g/mol. The minimum Gasteiger partial charge on any atom is -0.504 e. The van der Waals surface area contributed by atoms with Crippen molar-refractivity contribution in [2.45, 2.75) is 43.9 Å². The zero-order valence-corrected chi connectivity index (χ0v) is 29.1. The number of aromatic hydroxyl groups is 4. The van der Waals surface area contributed by atoms with Gasteiger partial charge < -0.3 is 34.6 Å². The molecular formula is C43H42O10. The van der Waals surface area contributed by atoms with Crippen LogP contribution >= 0.6 is 0 Å². The smallest absolute Gasteiger partial charge is 0.328 e. The van der Waals surface area contributed by atoms with E-state index >= 15 is 0 Å². The van der Waals surface area contributed by atoms with E-state index < -0.39 is 52.7 Å². The van der Waals surface area contributed by atoms with Gasteiger partial charge in [0.15, 0.2) is 28.4 Å². The van der Waals surface area contributed by atoms with E-state index in [9.17, 15) is 34.8 Å². The molecule has 0 aliphatic rings. The van der Waals surface area contributed by atoms with Crippen LogP contribution in [0.2, 0.25) is 0 Å². The van der Waals surface area contributed by atoms with Gasteiger partial charge in [-0.3, -0.25) is 14.4 Å². The first-order valence-corrected chi connectivity index (χ1v) is 17.3. The summed E-state index contributed by atoms with van der Waals surface area (Å²) >= 11 is 0. The molecule has 0 saturated heterocycles. The van der Waals surface area contributed by atoms with E-state index in [2.05, 4.69) is 0 Å². The average Bonchev–Trinajstić information content (AvgIpc) is 3.17. The van der Waals surface area contributed by atoms with Crippen LogP contribution in [0.15, 0.2) is 121 Å². The highest BCUT2D eigenvalue weighted by atomic mass is 16.6. The molecule has 5 rings (SSSR count). The fourth-order valence-corrected chi connectivity index (χ4v) is 5.96. The molecule has 5 aromatic carbocycles. The molecule has 0 atom stereocenters. The summed E-state index contributed by atoms with van der Waals surface area (Å²) in [5.41, 5.74) is 0.776. The predicted octanol–water partition coefficient (Wildman–Crippen LogP) is 6.28. The Hall–Kier alpha value is -6.29. The maximum atomic E-state index is 14.4. The number of phenolic OH excluding ortho intramolecular Hbond substituents is 4. The molecule has 274 valence electrons. The second kappa shape index (κ2) is 18.3. The quantitative estimate of drug-likeness (QED) is 0.0373. The van der Waals surface area contributed by atoms with Crippen molar-refractivity contribution in [3.8, 4) is 23.0 Å². The number of hydrogen-bond donors (Lipinski definition) is 4. The summed E-state index contributed by atoms with van der Waals surface area (Å²) in [6.45, 7) is -0.0602. The lowest BCUT2D eigenvalue weighted by molar-refractivity contribution is -0.165. The molecule has 0 heterocycles. The molecule has 0 aliphatic heterocycles. The van der Waals surface area contributed by atoms with Crippen molar-refractivity contribution < 1.29 is 49.0 Å². The van der Waals surface area contributed by atoms with Crippen LogP contribution in [-0.2, 0) is 66.1 Å². The van der Waals surface area contributed by atoms with Crippen LogP contribution in [0.5, 0.6) is 23.0 Å². The van der Waals surface area contributed by atoms with Crippen LogP contribution < -0.4 is 0 Å². The first-order valence-electron chi connectivity index (χ1n) is 17.3. The summed E-state index contributed by atoms with van der Waals surface area (Å²) in [6, 6.07) is 34.4. The van der Waals surface area contributed by atoms with E-state index in [1.807, 2.05) is 91.0 Å². The molecule has 0 spiro atoms. The number of carbonyl (C=O) groups is 3. The van der Waals surface area contributed by atoms with Crippen molar-refractivity contribution in [3.05, 3.63) is 155 Å². The van der Waals surface area contributed by atoms with Crippen LogP contribution in [0.3, 0.4) is 0 Å². The molecular weight excluding hydrogens is 676 g/mol. The first-order chi connectivity index (χ1) is 25.7. The van der Waals surface area contributed by atoms with Gasteiger partial charge >= 0.3 is 17.9 Å². The third kappa shape index (κ3) is 10.2. The maximum Gasteiger partial charge on any atom is 0.328 e. The Morgan fingerprint density at radius 2 is 0.981 bits per heavy atom. The van der Waals surface area contributed by atoms with Gasteiger partial charge in [0.1, 0.15) is 0 Å². The van der Waals surface area contributed by atoms with Crippen LogP contribution in [0.1, 0.15) is 39.8 Å². The van der Waals surface area contributed by atoms with Gasteiger partial charge in [-0.15, -0.1) is 0 Å². The summed E-state index contributed by atoms with van der Waals surface area (Å²) in [5.74, 6) is -4.60. The van der Waals surface area contributed by atoms with Crippen LogP contribution in [0.4, 0.5) is 0 Å². The van der Waals surface area contributed by atoms with Gasteiger partial charge in [-0.25, -0.2) is 0 Å². The Bertz CT molecular complexity index is 1920. The third-order valence-corrected chi connectivity index (χ3v) is 8.90. The second-order valence-electron chi connectivity index (χ2n) is 12.6. The topological polar surface area (TPSA) is 160 Å². The number of benzene rings is 5. The summed E-state index contributed by atoms with van der Waals surface area (Å²) in [7, 11) is 0. The molecule has 10 heteroatoms. The molecule has 0 radical (unpaired) electrons. The van der Waals surface area contributed by atoms with Crippen molar-refractivity contribution in [3.63, 3.8) is 0 Å². The number of rotatable bonds is 17. The largest absolute Gasteiger partial charge is 0.504 e. The minimum atomic E-state index is -2.27. The van der Waals surface area contributed by atoms with E-state index in [-0.39, 0.29) is 49.4 Å². The second-order valence-corrected chi connectivity index (χ2v) is 12.6. The molecule has 0 aromatic heterocycles. The lowest BCUT2D eigenvalue weighted by Crippen LogP contribution is -2.48. The Kier molecular flexibility index (Phi) is 13.1. The number of aryl methyl sites for hydroxylation is 1. The molecule has 10 nitrogen and oxygen atoms in total.